The summed E-state index contributed by atoms with van der Waals surface area (Å²) in [6.07, 6.45) is 3.58. The fraction of sp³-hybridized carbons (Fsp3) is 0.615. The number of hydrogen-bond donors (Lipinski definition) is 2. The lowest BCUT2D eigenvalue weighted by Crippen LogP contribution is -2.33. The van der Waals surface area contributed by atoms with E-state index in [0.29, 0.717) is 5.16 Å². The van der Waals surface area contributed by atoms with Gasteiger partial charge >= 0.3 is 0 Å². The van der Waals surface area contributed by atoms with E-state index >= 15 is 0 Å². The number of H-pyrrole nitrogens is 1. The molecule has 5 nitrogen and oxygen atoms in total. The Hall–Kier alpha value is -1.30. The predicted molar refractivity (Wildman–Crippen MR) is 75.5 cm³/mol. The maximum absolute atomic E-state index is 11.8. The molecule has 1 aromatic heterocycles. The van der Waals surface area contributed by atoms with Crippen molar-refractivity contribution in [3.8, 4) is 0 Å². The molecule has 0 radical (unpaired) electrons. The van der Waals surface area contributed by atoms with Crippen molar-refractivity contribution in [2.45, 2.75) is 50.7 Å². The summed E-state index contributed by atoms with van der Waals surface area (Å²) in [5.74, 6) is 0.258. The zero-order chi connectivity index (χ0) is 13.8. The topological polar surface area (TPSA) is 74.8 Å². The first-order valence-corrected chi connectivity index (χ1v) is 7.63. The van der Waals surface area contributed by atoms with Gasteiger partial charge in [0.05, 0.1) is 11.4 Å². The summed E-state index contributed by atoms with van der Waals surface area (Å²) in [6, 6.07) is 0.181. The second kappa shape index (κ2) is 6.23. The van der Waals surface area contributed by atoms with Gasteiger partial charge in [-0.25, -0.2) is 4.98 Å². The molecule has 0 bridgehead atoms. The van der Waals surface area contributed by atoms with Gasteiger partial charge in [0.1, 0.15) is 0 Å². The standard InChI is InChI=1S/C13H19N3O2S/c1-3-8(2)14-11(17)7-19-13-15-10-6-4-5-9(10)12(18)16-13/h8H,3-7H2,1-2H3,(H,14,17)(H,15,16,18)/t8-/m0/s1. The van der Waals surface area contributed by atoms with Gasteiger partial charge < -0.3 is 10.3 Å². The Kier molecular flexibility index (Phi) is 4.63. The number of aryl methyl sites for hydroxylation is 1. The third-order valence-corrected chi connectivity index (χ3v) is 4.15. The Labute approximate surface area is 116 Å². The van der Waals surface area contributed by atoms with E-state index in [1.165, 1.54) is 11.8 Å². The van der Waals surface area contributed by atoms with Crippen molar-refractivity contribution in [3.05, 3.63) is 21.6 Å². The Morgan fingerprint density at radius 1 is 1.53 bits per heavy atom. The van der Waals surface area contributed by atoms with E-state index in [9.17, 15) is 9.59 Å². The Morgan fingerprint density at radius 2 is 2.32 bits per heavy atom. The number of fused-ring (bicyclic) bond motifs is 1. The van der Waals surface area contributed by atoms with Crippen molar-refractivity contribution in [2.75, 3.05) is 5.75 Å². The molecule has 0 aliphatic heterocycles. The van der Waals surface area contributed by atoms with Crippen LogP contribution in [0.3, 0.4) is 0 Å². The summed E-state index contributed by atoms with van der Waals surface area (Å²) in [4.78, 5) is 30.6. The first kappa shape index (κ1) is 14.1. The van der Waals surface area contributed by atoms with Crippen LogP contribution in [0.25, 0.3) is 0 Å². The molecule has 1 aliphatic rings. The normalized spacial score (nSPS) is 15.1. The van der Waals surface area contributed by atoms with E-state index in [-0.39, 0.29) is 23.3 Å². The van der Waals surface area contributed by atoms with Gasteiger partial charge in [-0.05, 0) is 32.6 Å². The lowest BCUT2D eigenvalue weighted by Gasteiger charge is -2.10. The van der Waals surface area contributed by atoms with Crippen LogP contribution in [0.5, 0.6) is 0 Å². The zero-order valence-electron chi connectivity index (χ0n) is 11.3. The van der Waals surface area contributed by atoms with E-state index in [0.717, 1.165) is 36.9 Å². The van der Waals surface area contributed by atoms with Gasteiger partial charge in [0.2, 0.25) is 5.91 Å². The molecule has 1 heterocycles. The minimum Gasteiger partial charge on any atom is -0.353 e. The highest BCUT2D eigenvalue weighted by Crippen LogP contribution is 2.19. The molecule has 0 saturated heterocycles. The van der Waals surface area contributed by atoms with E-state index in [1.54, 1.807) is 0 Å². The summed E-state index contributed by atoms with van der Waals surface area (Å²) >= 11 is 1.28. The van der Waals surface area contributed by atoms with Gasteiger partial charge in [-0.1, -0.05) is 18.7 Å². The maximum Gasteiger partial charge on any atom is 0.254 e. The highest BCUT2D eigenvalue weighted by atomic mass is 32.2. The Bertz CT molecular complexity index is 527. The van der Waals surface area contributed by atoms with Gasteiger partial charge in [0.15, 0.2) is 5.16 Å². The molecular weight excluding hydrogens is 262 g/mol. The summed E-state index contributed by atoms with van der Waals surface area (Å²) < 4.78 is 0. The molecule has 104 valence electrons. The number of nitrogens with one attached hydrogen (secondary N) is 2. The molecule has 0 aromatic carbocycles. The van der Waals surface area contributed by atoms with E-state index in [4.69, 9.17) is 0 Å². The van der Waals surface area contributed by atoms with Crippen LogP contribution in [0, 0.1) is 0 Å². The minimum atomic E-state index is -0.0488. The Morgan fingerprint density at radius 3 is 3.05 bits per heavy atom. The fourth-order valence-electron chi connectivity index (χ4n) is 2.04. The number of aromatic amines is 1. The van der Waals surface area contributed by atoms with Crippen molar-refractivity contribution in [1.29, 1.82) is 0 Å². The van der Waals surface area contributed by atoms with Crippen LogP contribution in [0.15, 0.2) is 9.95 Å². The highest BCUT2D eigenvalue weighted by molar-refractivity contribution is 7.99. The molecule has 0 spiro atoms. The third kappa shape index (κ3) is 3.59. The molecule has 19 heavy (non-hydrogen) atoms. The number of rotatable bonds is 5. The van der Waals surface area contributed by atoms with Crippen molar-refractivity contribution in [2.24, 2.45) is 0 Å². The van der Waals surface area contributed by atoms with Crippen LogP contribution < -0.4 is 10.9 Å². The molecule has 2 rings (SSSR count). The minimum absolute atomic E-state index is 0.0255. The number of hydrogen-bond acceptors (Lipinski definition) is 4. The quantitative estimate of drug-likeness (QED) is 0.629. The number of amides is 1. The van der Waals surface area contributed by atoms with Crippen molar-refractivity contribution in [3.63, 3.8) is 0 Å². The molecule has 1 aliphatic carbocycles. The van der Waals surface area contributed by atoms with E-state index in [1.807, 2.05) is 13.8 Å². The van der Waals surface area contributed by atoms with Gasteiger partial charge in [-0.2, -0.15) is 0 Å². The molecule has 1 aromatic rings. The van der Waals surface area contributed by atoms with Gasteiger partial charge in [-0.15, -0.1) is 0 Å². The summed E-state index contributed by atoms with van der Waals surface area (Å²) in [7, 11) is 0. The van der Waals surface area contributed by atoms with Crippen molar-refractivity contribution < 1.29 is 4.79 Å². The molecule has 2 N–H and O–H groups in total. The molecule has 6 heteroatoms. The predicted octanol–water partition coefficient (Wildman–Crippen LogP) is 1.27. The smallest absolute Gasteiger partial charge is 0.254 e. The van der Waals surface area contributed by atoms with E-state index in [2.05, 4.69) is 15.3 Å². The average molecular weight is 281 g/mol. The zero-order valence-corrected chi connectivity index (χ0v) is 12.1. The summed E-state index contributed by atoms with van der Waals surface area (Å²) in [6.45, 7) is 4.00. The number of thioether (sulfide) groups is 1. The van der Waals surface area contributed by atoms with Gasteiger partial charge in [-0.3, -0.25) is 9.59 Å². The molecule has 0 saturated carbocycles. The second-order valence-corrected chi connectivity index (χ2v) is 5.78. The van der Waals surface area contributed by atoms with Crippen LogP contribution >= 0.6 is 11.8 Å². The largest absolute Gasteiger partial charge is 0.353 e. The number of nitrogens with zero attached hydrogens (tertiary/aromatic N) is 1. The maximum atomic E-state index is 11.8. The van der Waals surface area contributed by atoms with E-state index < -0.39 is 0 Å². The molecule has 0 fully saturated rings. The second-order valence-electron chi connectivity index (χ2n) is 4.82. The molecule has 0 unspecified atom stereocenters. The van der Waals surface area contributed by atoms with Crippen LogP contribution in [-0.4, -0.2) is 27.7 Å². The summed E-state index contributed by atoms with van der Waals surface area (Å²) in [5.41, 5.74) is 1.66. The van der Waals surface area contributed by atoms with Crippen molar-refractivity contribution >= 4 is 17.7 Å². The van der Waals surface area contributed by atoms with Gasteiger partial charge in [0, 0.05) is 11.6 Å². The fourth-order valence-corrected chi connectivity index (χ4v) is 2.73. The molecule has 1 amide bonds. The van der Waals surface area contributed by atoms with Crippen molar-refractivity contribution in [1.82, 2.24) is 15.3 Å². The van der Waals surface area contributed by atoms with Crippen LogP contribution in [0.2, 0.25) is 0 Å². The monoisotopic (exact) mass is 281 g/mol. The average Bonchev–Trinajstić information content (AvgIpc) is 2.85. The summed E-state index contributed by atoms with van der Waals surface area (Å²) in [5, 5.41) is 3.43. The Balaban J connectivity index is 1.95. The third-order valence-electron chi connectivity index (χ3n) is 3.28. The molecular formula is C13H19N3O2S. The van der Waals surface area contributed by atoms with Gasteiger partial charge in [0.25, 0.3) is 5.56 Å². The van der Waals surface area contributed by atoms with Crippen LogP contribution in [0.4, 0.5) is 0 Å². The SMILES string of the molecule is CC[C@H](C)NC(=O)CSc1nc2c(c(=O)[nH]1)CCC2. The molecule has 1 atom stereocenters. The number of carbonyl (C=O) groups excluding carboxylic acids is 1. The first-order chi connectivity index (χ1) is 9.10. The highest BCUT2D eigenvalue weighted by Gasteiger charge is 2.17. The lowest BCUT2D eigenvalue weighted by atomic mass is 10.3. The number of carbonyl (C=O) groups is 1. The lowest BCUT2D eigenvalue weighted by molar-refractivity contribution is -0.119. The van der Waals surface area contributed by atoms with Crippen LogP contribution in [0.1, 0.15) is 37.9 Å². The first-order valence-electron chi connectivity index (χ1n) is 6.64. The number of aromatic nitrogens is 2. The van der Waals surface area contributed by atoms with Crippen LogP contribution in [-0.2, 0) is 17.6 Å².